The summed E-state index contributed by atoms with van der Waals surface area (Å²) in [5.74, 6) is 1.26. The van der Waals surface area contributed by atoms with E-state index in [1.54, 1.807) is 6.92 Å². The molecule has 0 aliphatic carbocycles. The fourth-order valence-corrected chi connectivity index (χ4v) is 5.25. The van der Waals surface area contributed by atoms with Crippen molar-refractivity contribution in [2.75, 3.05) is 29.5 Å². The minimum Gasteiger partial charge on any atom is -0.491 e. The van der Waals surface area contributed by atoms with E-state index >= 15 is 0 Å². The van der Waals surface area contributed by atoms with E-state index in [2.05, 4.69) is 0 Å². The molecule has 3 aliphatic heterocycles. The van der Waals surface area contributed by atoms with Gasteiger partial charge in [-0.05, 0) is 37.8 Å². The van der Waals surface area contributed by atoms with Crippen LogP contribution in [0.1, 0.15) is 33.6 Å². The molecule has 10 nitrogen and oxygen atoms in total. The highest BCUT2D eigenvalue weighted by atomic mass is 16.5. The number of carbonyl (C=O) groups excluding carboxylic acids is 3. The lowest BCUT2D eigenvalue weighted by Gasteiger charge is -2.25. The average molecular weight is 467 g/mol. The Morgan fingerprint density at radius 3 is 2.76 bits per heavy atom. The Morgan fingerprint density at radius 2 is 2.06 bits per heavy atom. The maximum atomic E-state index is 13.1. The van der Waals surface area contributed by atoms with Crippen LogP contribution in [0.5, 0.6) is 5.75 Å². The van der Waals surface area contributed by atoms with Crippen LogP contribution in [0.25, 0.3) is 11.4 Å². The zero-order chi connectivity index (χ0) is 24.1. The van der Waals surface area contributed by atoms with Gasteiger partial charge in [-0.1, -0.05) is 13.8 Å². The number of anilines is 2. The van der Waals surface area contributed by atoms with Crippen molar-refractivity contribution in [2.24, 2.45) is 11.7 Å². The molecule has 0 bridgehead atoms. The summed E-state index contributed by atoms with van der Waals surface area (Å²) in [5, 5.41) is 0. The molecule has 10 heteroatoms. The molecule has 4 heterocycles. The van der Waals surface area contributed by atoms with Gasteiger partial charge >= 0.3 is 6.03 Å². The predicted molar refractivity (Wildman–Crippen MR) is 127 cm³/mol. The fourth-order valence-electron chi connectivity index (χ4n) is 5.25. The van der Waals surface area contributed by atoms with E-state index in [1.165, 1.54) is 9.80 Å². The van der Waals surface area contributed by atoms with Gasteiger partial charge in [0.1, 0.15) is 30.3 Å². The van der Waals surface area contributed by atoms with Crippen molar-refractivity contribution in [3.63, 3.8) is 0 Å². The van der Waals surface area contributed by atoms with Crippen LogP contribution >= 0.6 is 0 Å². The number of ether oxygens (including phenoxy) is 1. The lowest BCUT2D eigenvalue weighted by atomic mass is 10.0. The van der Waals surface area contributed by atoms with E-state index in [0.717, 1.165) is 30.6 Å². The molecule has 1 unspecified atom stereocenters. The molecule has 0 radical (unpaired) electrons. The van der Waals surface area contributed by atoms with E-state index in [0.29, 0.717) is 37.1 Å². The molecule has 1 aromatic heterocycles. The monoisotopic (exact) mass is 466 g/mol. The van der Waals surface area contributed by atoms with Crippen molar-refractivity contribution in [3.05, 3.63) is 24.4 Å². The number of imidazole rings is 1. The molecule has 1 aromatic carbocycles. The average Bonchev–Trinajstić information content (AvgIpc) is 3.47. The van der Waals surface area contributed by atoms with Crippen LogP contribution in [0.3, 0.4) is 0 Å². The quantitative estimate of drug-likeness (QED) is 0.676. The first-order valence-electron chi connectivity index (χ1n) is 11.9. The predicted octanol–water partition coefficient (Wildman–Crippen LogP) is 2.21. The van der Waals surface area contributed by atoms with E-state index in [1.807, 2.05) is 47.7 Å². The van der Waals surface area contributed by atoms with Crippen molar-refractivity contribution in [1.29, 1.82) is 0 Å². The highest BCUT2D eigenvalue weighted by Crippen LogP contribution is 2.39. The maximum Gasteiger partial charge on any atom is 0.333 e. The molecule has 2 fully saturated rings. The number of nitrogens with zero attached hydrogens (tertiary/aromatic N) is 5. The number of aromatic nitrogens is 2. The highest BCUT2D eigenvalue weighted by Gasteiger charge is 2.47. The van der Waals surface area contributed by atoms with Gasteiger partial charge < -0.3 is 19.9 Å². The number of amides is 4. The Kier molecular flexibility index (Phi) is 5.45. The van der Waals surface area contributed by atoms with Crippen LogP contribution in [-0.2, 0) is 16.1 Å². The molecule has 2 aromatic rings. The molecular weight excluding hydrogens is 436 g/mol. The van der Waals surface area contributed by atoms with Gasteiger partial charge in [0.05, 0.1) is 12.1 Å². The number of nitrogens with two attached hydrogens (primary N) is 1. The number of likely N-dealkylation sites (N-methyl/N-ethyl adjacent to an activating group) is 1. The van der Waals surface area contributed by atoms with Crippen LogP contribution in [-0.4, -0.2) is 64.1 Å². The van der Waals surface area contributed by atoms with Gasteiger partial charge in [-0.3, -0.25) is 19.4 Å². The molecule has 4 amide bonds. The van der Waals surface area contributed by atoms with Gasteiger partial charge in [0.2, 0.25) is 5.91 Å². The Hall–Kier alpha value is -3.56. The first-order valence-corrected chi connectivity index (χ1v) is 11.9. The summed E-state index contributed by atoms with van der Waals surface area (Å²) < 4.78 is 8.00. The molecule has 2 saturated heterocycles. The minimum atomic E-state index is -0.578. The lowest BCUT2D eigenvalue weighted by Crippen LogP contribution is -2.40. The number of imide groups is 1. The third-order valence-corrected chi connectivity index (χ3v) is 6.90. The molecule has 2 atom stereocenters. The van der Waals surface area contributed by atoms with Crippen LogP contribution in [0.2, 0.25) is 0 Å². The number of fused-ring (bicyclic) bond motifs is 3. The first kappa shape index (κ1) is 22.2. The third-order valence-electron chi connectivity index (χ3n) is 6.90. The van der Waals surface area contributed by atoms with Gasteiger partial charge in [-0.15, -0.1) is 0 Å². The van der Waals surface area contributed by atoms with E-state index in [9.17, 15) is 14.4 Å². The second-order valence-corrected chi connectivity index (χ2v) is 9.32. The molecule has 5 rings (SSSR count). The molecule has 180 valence electrons. The van der Waals surface area contributed by atoms with Gasteiger partial charge in [-0.2, -0.15) is 0 Å². The Bertz CT molecular complexity index is 1160. The Morgan fingerprint density at radius 1 is 1.26 bits per heavy atom. The minimum absolute atomic E-state index is 0.0497. The van der Waals surface area contributed by atoms with Crippen molar-refractivity contribution in [2.45, 2.75) is 52.2 Å². The number of hydrogen-bond acceptors (Lipinski definition) is 6. The summed E-state index contributed by atoms with van der Waals surface area (Å²) in [5.41, 5.74) is 7.29. The summed E-state index contributed by atoms with van der Waals surface area (Å²) in [6.07, 6.45) is 3.48. The smallest absolute Gasteiger partial charge is 0.333 e. The molecule has 3 aliphatic rings. The lowest BCUT2D eigenvalue weighted by molar-refractivity contribution is -0.127. The number of benzene rings is 1. The van der Waals surface area contributed by atoms with Gasteiger partial charge in [0, 0.05) is 31.0 Å². The molecule has 2 N–H and O–H groups in total. The Balaban J connectivity index is 1.52. The molecule has 0 saturated carbocycles. The van der Waals surface area contributed by atoms with Crippen LogP contribution < -0.4 is 20.3 Å². The summed E-state index contributed by atoms with van der Waals surface area (Å²) in [4.78, 5) is 47.5. The Labute approximate surface area is 198 Å². The number of rotatable bonds is 5. The van der Waals surface area contributed by atoms with Crippen LogP contribution in [0.4, 0.5) is 16.3 Å². The standard InChI is InChI=1S/C24H30N6O4/c1-4-28-23(32)20(14(2)3)30(24(28)33)19-13-27-10-11-34-18-12-15(7-8-16(18)22(27)26-19)29-9-5-6-17(29)21(25)31/h7-8,12-14,17,20H,4-6,9-11H2,1-3H3,(H2,25,31)/t17-,20?/m0/s1. The summed E-state index contributed by atoms with van der Waals surface area (Å²) in [6.45, 7) is 7.75. The largest absolute Gasteiger partial charge is 0.491 e. The number of carbonyl (C=O) groups is 3. The number of primary amides is 1. The van der Waals surface area contributed by atoms with Crippen LogP contribution in [0, 0.1) is 5.92 Å². The van der Waals surface area contributed by atoms with Crippen molar-refractivity contribution >= 4 is 29.4 Å². The fraction of sp³-hybridized carbons (Fsp3) is 0.500. The van der Waals surface area contributed by atoms with Gasteiger partial charge in [0.15, 0.2) is 5.82 Å². The third kappa shape index (κ3) is 3.39. The second kappa shape index (κ2) is 8.34. The zero-order valence-electron chi connectivity index (χ0n) is 19.7. The maximum absolute atomic E-state index is 13.1. The summed E-state index contributed by atoms with van der Waals surface area (Å²) in [7, 11) is 0. The number of hydrogen-bond donors (Lipinski definition) is 1. The van der Waals surface area contributed by atoms with E-state index in [4.69, 9.17) is 15.5 Å². The SMILES string of the molecule is CCN1C(=O)C(C(C)C)N(c2cn3c(n2)-c2ccc(N4CCC[C@H]4C(N)=O)cc2OCC3)C1=O. The van der Waals surface area contributed by atoms with E-state index in [-0.39, 0.29) is 29.8 Å². The zero-order valence-corrected chi connectivity index (χ0v) is 19.7. The van der Waals surface area contributed by atoms with E-state index < -0.39 is 6.04 Å². The first-order chi connectivity index (χ1) is 16.3. The van der Waals surface area contributed by atoms with Gasteiger partial charge in [0.25, 0.3) is 5.91 Å². The summed E-state index contributed by atoms with van der Waals surface area (Å²) >= 11 is 0. The molecule has 0 spiro atoms. The second-order valence-electron chi connectivity index (χ2n) is 9.32. The summed E-state index contributed by atoms with van der Waals surface area (Å²) in [6, 6.07) is 4.59. The van der Waals surface area contributed by atoms with Gasteiger partial charge in [-0.25, -0.2) is 9.78 Å². The number of urea groups is 1. The van der Waals surface area contributed by atoms with Crippen molar-refractivity contribution in [1.82, 2.24) is 14.5 Å². The molecule has 34 heavy (non-hydrogen) atoms. The van der Waals surface area contributed by atoms with Crippen LogP contribution in [0.15, 0.2) is 24.4 Å². The normalized spacial score (nSPS) is 22.2. The highest BCUT2D eigenvalue weighted by molar-refractivity contribution is 6.14. The van der Waals surface area contributed by atoms with Crippen molar-refractivity contribution in [3.8, 4) is 17.1 Å². The molecular formula is C24H30N6O4. The van der Waals surface area contributed by atoms with Crippen molar-refractivity contribution < 1.29 is 19.1 Å². The topological polar surface area (TPSA) is 114 Å².